The van der Waals surface area contributed by atoms with Crippen LogP contribution in [0.5, 0.6) is 0 Å². The Kier molecular flexibility index (Phi) is 6.60. The first-order chi connectivity index (χ1) is 17.5. The summed E-state index contributed by atoms with van der Waals surface area (Å²) in [6.45, 7) is 0. The molecule has 1 unspecified atom stereocenters. The van der Waals surface area contributed by atoms with Gasteiger partial charge in [-0.3, -0.25) is 14.7 Å². The Morgan fingerprint density at radius 3 is 2.11 bits per heavy atom. The molecule has 0 aliphatic rings. The van der Waals surface area contributed by atoms with Gasteiger partial charge in [0.1, 0.15) is 22.7 Å². The van der Waals surface area contributed by atoms with Crippen molar-refractivity contribution < 1.29 is 9.18 Å². The minimum absolute atomic E-state index is 0.305. The quantitative estimate of drug-likeness (QED) is 0.246. The summed E-state index contributed by atoms with van der Waals surface area (Å²) in [7, 11) is 1.69. The van der Waals surface area contributed by atoms with Gasteiger partial charge in [-0.05, 0) is 59.7 Å². The molecule has 7 heteroatoms. The van der Waals surface area contributed by atoms with Crippen molar-refractivity contribution in [1.82, 2.24) is 14.8 Å². The van der Waals surface area contributed by atoms with Crippen molar-refractivity contribution in [3.63, 3.8) is 0 Å². The van der Waals surface area contributed by atoms with Gasteiger partial charge in [-0.2, -0.15) is 5.10 Å². The van der Waals surface area contributed by atoms with Gasteiger partial charge in [-0.1, -0.05) is 48.5 Å². The van der Waals surface area contributed by atoms with Crippen LogP contribution in [-0.4, -0.2) is 27.7 Å². The first kappa shape index (κ1) is 23.5. The molecule has 2 aromatic heterocycles. The van der Waals surface area contributed by atoms with Crippen molar-refractivity contribution in [1.29, 1.82) is 0 Å². The van der Waals surface area contributed by atoms with Gasteiger partial charge in [0.05, 0.1) is 11.3 Å². The summed E-state index contributed by atoms with van der Waals surface area (Å²) in [5.41, 5.74) is 4.30. The van der Waals surface area contributed by atoms with Crippen LogP contribution in [0.25, 0.3) is 28.1 Å². The second kappa shape index (κ2) is 10.1. The lowest BCUT2D eigenvalue weighted by molar-refractivity contribution is -0.118. The highest BCUT2D eigenvalue weighted by molar-refractivity contribution is 6.33. The highest BCUT2D eigenvalue weighted by Gasteiger charge is 2.30. The zero-order valence-corrected chi connectivity index (χ0v) is 20.2. The lowest BCUT2D eigenvalue weighted by atomic mass is 10.0. The fourth-order valence-electron chi connectivity index (χ4n) is 4.10. The van der Waals surface area contributed by atoms with Crippen LogP contribution in [0.3, 0.4) is 0 Å². The molecular formula is C29H22ClFN4O. The molecule has 3 aromatic carbocycles. The fraction of sp³-hybridized carbons (Fsp3) is 0.0690. The number of hydrogen-bond donors (Lipinski definition) is 0. The smallest absolute Gasteiger partial charge is 0.250 e. The Labute approximate surface area is 213 Å². The van der Waals surface area contributed by atoms with Crippen molar-refractivity contribution in [2.45, 2.75) is 5.38 Å². The minimum Gasteiger partial charge on any atom is -0.298 e. The van der Waals surface area contributed by atoms with Crippen LogP contribution < -0.4 is 4.90 Å². The number of likely N-dealkylation sites (N-methyl/N-ethyl adjacent to an activating group) is 1. The number of carbonyl (C=O) groups excluding carboxylic acids is 1. The summed E-state index contributed by atoms with van der Waals surface area (Å²) in [6, 6.07) is 28.6. The van der Waals surface area contributed by atoms with Crippen LogP contribution in [0.15, 0.2) is 109 Å². The first-order valence-corrected chi connectivity index (χ1v) is 11.8. The van der Waals surface area contributed by atoms with E-state index in [4.69, 9.17) is 16.7 Å². The Bertz CT molecular complexity index is 1470. The second-order valence-corrected chi connectivity index (χ2v) is 8.64. The Morgan fingerprint density at radius 1 is 0.861 bits per heavy atom. The fourth-order valence-corrected chi connectivity index (χ4v) is 4.39. The third kappa shape index (κ3) is 4.51. The van der Waals surface area contributed by atoms with Gasteiger partial charge in [0, 0.05) is 25.0 Å². The van der Waals surface area contributed by atoms with Crippen molar-refractivity contribution in [3.8, 4) is 28.1 Å². The first-order valence-electron chi connectivity index (χ1n) is 11.4. The molecule has 178 valence electrons. The molecule has 0 saturated heterocycles. The topological polar surface area (TPSA) is 51.0 Å². The van der Waals surface area contributed by atoms with Gasteiger partial charge in [-0.15, -0.1) is 11.6 Å². The number of halogens is 2. The van der Waals surface area contributed by atoms with E-state index >= 15 is 0 Å². The van der Waals surface area contributed by atoms with Gasteiger partial charge in [0.25, 0.3) is 0 Å². The molecule has 0 spiro atoms. The van der Waals surface area contributed by atoms with Gasteiger partial charge < -0.3 is 0 Å². The van der Waals surface area contributed by atoms with E-state index in [1.807, 2.05) is 72.8 Å². The molecule has 2 heterocycles. The number of rotatable bonds is 6. The van der Waals surface area contributed by atoms with Gasteiger partial charge in [0.15, 0.2) is 0 Å². The molecule has 1 amide bonds. The summed E-state index contributed by atoms with van der Waals surface area (Å²) >= 11 is 6.67. The Hall–Kier alpha value is -4.29. The third-order valence-corrected chi connectivity index (χ3v) is 6.34. The van der Waals surface area contributed by atoms with Crippen LogP contribution in [0.2, 0.25) is 0 Å². The zero-order valence-electron chi connectivity index (χ0n) is 19.4. The van der Waals surface area contributed by atoms with Gasteiger partial charge in [-0.25, -0.2) is 9.07 Å². The van der Waals surface area contributed by atoms with E-state index < -0.39 is 5.38 Å². The molecule has 0 aliphatic carbocycles. The third-order valence-electron chi connectivity index (χ3n) is 5.91. The lowest BCUT2D eigenvalue weighted by Gasteiger charge is -2.23. The van der Waals surface area contributed by atoms with Crippen molar-refractivity contribution in [2.75, 3.05) is 11.9 Å². The number of alkyl halides is 1. The van der Waals surface area contributed by atoms with Crippen LogP contribution >= 0.6 is 11.6 Å². The molecule has 0 N–H and O–H groups in total. The number of nitrogens with zero attached hydrogens (tertiary/aromatic N) is 4. The second-order valence-electron chi connectivity index (χ2n) is 8.21. The number of anilines is 1. The van der Waals surface area contributed by atoms with Crippen molar-refractivity contribution in [3.05, 3.63) is 121 Å². The van der Waals surface area contributed by atoms with Crippen molar-refractivity contribution in [2.24, 2.45) is 0 Å². The molecule has 0 aliphatic heterocycles. The zero-order chi connectivity index (χ0) is 25.1. The average Bonchev–Trinajstić information content (AvgIpc) is 3.34. The monoisotopic (exact) mass is 496 g/mol. The van der Waals surface area contributed by atoms with Crippen LogP contribution in [0, 0.1) is 5.82 Å². The van der Waals surface area contributed by atoms with E-state index in [2.05, 4.69) is 4.98 Å². The van der Waals surface area contributed by atoms with E-state index in [9.17, 15) is 9.18 Å². The highest BCUT2D eigenvalue weighted by Crippen LogP contribution is 2.41. The molecule has 5 aromatic rings. The Morgan fingerprint density at radius 2 is 1.47 bits per heavy atom. The standard InChI is InChI=1S/C29H22ClFN4O/c1-34(29(36)26(30)21-8-4-2-5-9-21)28-25(20-16-18-32-19-17-20)27(22-12-14-23(31)15-13-22)33-35(28)24-10-6-3-7-11-24/h2-19,26H,1H3. The lowest BCUT2D eigenvalue weighted by Crippen LogP contribution is -2.31. The maximum Gasteiger partial charge on any atom is 0.250 e. The van der Waals surface area contributed by atoms with E-state index in [0.29, 0.717) is 28.2 Å². The van der Waals surface area contributed by atoms with Crippen LogP contribution in [0.4, 0.5) is 10.2 Å². The van der Waals surface area contributed by atoms with Gasteiger partial charge >= 0.3 is 0 Å². The number of amides is 1. The molecule has 0 fully saturated rings. The molecule has 0 radical (unpaired) electrons. The van der Waals surface area contributed by atoms with Crippen molar-refractivity contribution >= 4 is 23.3 Å². The largest absolute Gasteiger partial charge is 0.298 e. The van der Waals surface area contributed by atoms with Gasteiger partial charge in [0.2, 0.25) is 5.91 Å². The average molecular weight is 497 g/mol. The summed E-state index contributed by atoms with van der Waals surface area (Å²) in [6.07, 6.45) is 3.37. The summed E-state index contributed by atoms with van der Waals surface area (Å²) < 4.78 is 15.5. The highest BCUT2D eigenvalue weighted by atomic mass is 35.5. The maximum absolute atomic E-state index is 13.8. The molecule has 5 nitrogen and oxygen atoms in total. The number of para-hydroxylation sites is 1. The molecule has 36 heavy (non-hydrogen) atoms. The predicted octanol–water partition coefficient (Wildman–Crippen LogP) is 6.68. The number of hydrogen-bond acceptors (Lipinski definition) is 3. The number of carbonyl (C=O) groups is 1. The van der Waals surface area contributed by atoms with Crippen LogP contribution in [-0.2, 0) is 4.79 Å². The Balaban J connectivity index is 1.75. The number of pyridine rings is 1. The summed E-state index contributed by atoms with van der Waals surface area (Å²) in [5.74, 6) is -0.105. The minimum atomic E-state index is -0.894. The molecule has 5 rings (SSSR count). The number of aromatic nitrogens is 3. The molecular weight excluding hydrogens is 475 g/mol. The van der Waals surface area contributed by atoms with E-state index in [1.165, 1.54) is 17.0 Å². The molecule has 0 bridgehead atoms. The molecule has 0 saturated carbocycles. The van der Waals surface area contributed by atoms with E-state index in [-0.39, 0.29) is 11.7 Å². The normalized spacial score (nSPS) is 11.8. The summed E-state index contributed by atoms with van der Waals surface area (Å²) in [4.78, 5) is 19.4. The van der Waals surface area contributed by atoms with E-state index in [1.54, 1.807) is 36.3 Å². The number of benzene rings is 3. The maximum atomic E-state index is 13.8. The van der Waals surface area contributed by atoms with E-state index in [0.717, 1.165) is 11.3 Å². The van der Waals surface area contributed by atoms with Crippen LogP contribution in [0.1, 0.15) is 10.9 Å². The SMILES string of the molecule is CN(C(=O)C(Cl)c1ccccc1)c1c(-c2ccncc2)c(-c2ccc(F)cc2)nn1-c1ccccc1. The summed E-state index contributed by atoms with van der Waals surface area (Å²) in [5, 5.41) is 4.04. The predicted molar refractivity (Wildman–Crippen MR) is 141 cm³/mol. The molecule has 1 atom stereocenters.